The average Bonchev–Trinajstić information content (AvgIpc) is 2.77. The van der Waals surface area contributed by atoms with Gasteiger partial charge >= 0.3 is 0 Å². The minimum Gasteiger partial charge on any atom is -0.352 e. The van der Waals surface area contributed by atoms with Crippen LogP contribution in [0.4, 0.5) is 5.69 Å². The molecule has 0 aliphatic rings. The Morgan fingerprint density at radius 3 is 2.19 bits per heavy atom. The molecule has 0 saturated carbocycles. The number of amides is 2. The van der Waals surface area contributed by atoms with Crippen LogP contribution in [0.25, 0.3) is 0 Å². The number of sulfonamides is 1. The number of anilines is 1. The van der Waals surface area contributed by atoms with Crippen molar-refractivity contribution in [2.75, 3.05) is 17.1 Å². The Kier molecular flexibility index (Phi) is 10.6. The van der Waals surface area contributed by atoms with Crippen molar-refractivity contribution in [1.29, 1.82) is 0 Å². The Morgan fingerprint density at radius 1 is 1.03 bits per heavy atom. The quantitative estimate of drug-likeness (QED) is 0.412. The first kappa shape index (κ1) is 29.9. The van der Waals surface area contributed by atoms with Crippen molar-refractivity contribution < 1.29 is 18.0 Å². The van der Waals surface area contributed by atoms with Gasteiger partial charge in [0.25, 0.3) is 0 Å². The molecule has 0 saturated heterocycles. The predicted molar refractivity (Wildman–Crippen MR) is 147 cm³/mol. The van der Waals surface area contributed by atoms with Crippen LogP contribution in [0.15, 0.2) is 42.5 Å². The zero-order valence-corrected chi connectivity index (χ0v) is 23.9. The maximum Gasteiger partial charge on any atom is 0.244 e. The molecule has 0 radical (unpaired) electrons. The van der Waals surface area contributed by atoms with Crippen LogP contribution in [0, 0.1) is 0 Å². The van der Waals surface area contributed by atoms with E-state index in [4.69, 9.17) is 23.2 Å². The Labute approximate surface area is 224 Å². The third kappa shape index (κ3) is 7.85. The molecule has 36 heavy (non-hydrogen) atoms. The topological polar surface area (TPSA) is 86.8 Å². The van der Waals surface area contributed by atoms with E-state index in [9.17, 15) is 18.0 Å². The van der Waals surface area contributed by atoms with Gasteiger partial charge in [-0.05, 0) is 55.5 Å². The fourth-order valence-electron chi connectivity index (χ4n) is 3.93. The third-order valence-electron chi connectivity index (χ3n) is 5.68. The molecule has 0 heterocycles. The van der Waals surface area contributed by atoms with E-state index in [1.165, 1.54) is 4.90 Å². The fraction of sp³-hybridized carbons (Fsp3) is 0.462. The molecular weight excluding hydrogens is 521 g/mol. The molecule has 0 aliphatic carbocycles. The smallest absolute Gasteiger partial charge is 0.244 e. The van der Waals surface area contributed by atoms with Gasteiger partial charge in [-0.1, -0.05) is 68.2 Å². The van der Waals surface area contributed by atoms with Gasteiger partial charge in [-0.25, -0.2) is 8.42 Å². The molecule has 0 bridgehead atoms. The van der Waals surface area contributed by atoms with Crippen LogP contribution in [0.5, 0.6) is 0 Å². The van der Waals surface area contributed by atoms with Crippen molar-refractivity contribution in [2.24, 2.45) is 0 Å². The maximum absolute atomic E-state index is 13.8. The summed E-state index contributed by atoms with van der Waals surface area (Å²) in [6.07, 6.45) is 1.40. The average molecular weight is 557 g/mol. The van der Waals surface area contributed by atoms with Crippen LogP contribution in [0.2, 0.25) is 10.0 Å². The van der Waals surface area contributed by atoms with Gasteiger partial charge in [0.05, 0.1) is 11.9 Å². The van der Waals surface area contributed by atoms with Gasteiger partial charge < -0.3 is 10.2 Å². The number of carbonyl (C=O) groups excluding carboxylic acids is 2. The van der Waals surface area contributed by atoms with Crippen LogP contribution in [0.3, 0.4) is 0 Å². The molecule has 2 rings (SSSR count). The SMILES string of the molecule is CC[C@H](C(=O)NC(C)C)N(Cc1ccc(Cl)cc1Cl)C(=O)CN(c1ccccc1C(C)C)S(C)(=O)=O. The first-order chi connectivity index (χ1) is 16.8. The van der Waals surface area contributed by atoms with Crippen molar-refractivity contribution in [3.05, 3.63) is 63.6 Å². The molecule has 0 aliphatic heterocycles. The van der Waals surface area contributed by atoms with E-state index in [0.29, 0.717) is 27.7 Å². The first-order valence-electron chi connectivity index (χ1n) is 11.9. The van der Waals surface area contributed by atoms with Gasteiger partial charge in [-0.3, -0.25) is 13.9 Å². The largest absolute Gasteiger partial charge is 0.352 e. The minimum atomic E-state index is -3.82. The zero-order valence-electron chi connectivity index (χ0n) is 21.6. The van der Waals surface area contributed by atoms with E-state index in [2.05, 4.69) is 5.32 Å². The standard InChI is InChI=1S/C26H35Cl2N3O4S/c1-7-23(26(33)29-18(4)5)30(15-19-12-13-20(27)14-22(19)28)25(32)16-31(36(6,34)35)24-11-9-8-10-21(24)17(2)3/h8-14,17-18,23H,7,15-16H2,1-6H3,(H,29,33)/t23-/m1/s1. The summed E-state index contributed by atoms with van der Waals surface area (Å²) in [7, 11) is -3.82. The van der Waals surface area contributed by atoms with Gasteiger partial charge in [0.15, 0.2) is 0 Å². The van der Waals surface area contributed by atoms with E-state index < -0.39 is 28.5 Å². The second-order valence-electron chi connectivity index (χ2n) is 9.33. The van der Waals surface area contributed by atoms with E-state index in [1.807, 2.05) is 39.8 Å². The summed E-state index contributed by atoms with van der Waals surface area (Å²) in [5, 5.41) is 3.65. The molecular formula is C26H35Cl2N3O4S. The number of rotatable bonds is 11. The summed E-state index contributed by atoms with van der Waals surface area (Å²) < 4.78 is 26.9. The molecule has 198 valence electrons. The third-order valence-corrected chi connectivity index (χ3v) is 7.39. The highest BCUT2D eigenvalue weighted by Crippen LogP contribution is 2.30. The van der Waals surface area contributed by atoms with Crippen LogP contribution in [-0.4, -0.2) is 50.0 Å². The molecule has 0 unspecified atom stereocenters. The number of para-hydroxylation sites is 1. The van der Waals surface area contributed by atoms with Crippen LogP contribution in [0.1, 0.15) is 58.1 Å². The maximum atomic E-state index is 13.8. The lowest BCUT2D eigenvalue weighted by Crippen LogP contribution is -2.53. The normalized spacial score (nSPS) is 12.5. The fourth-order valence-corrected chi connectivity index (χ4v) is 5.27. The van der Waals surface area contributed by atoms with Crippen molar-refractivity contribution >= 4 is 50.7 Å². The summed E-state index contributed by atoms with van der Waals surface area (Å²) >= 11 is 12.4. The highest BCUT2D eigenvalue weighted by atomic mass is 35.5. The highest BCUT2D eigenvalue weighted by Gasteiger charge is 2.33. The molecule has 0 aromatic heterocycles. The van der Waals surface area contributed by atoms with Gasteiger partial charge in [0.2, 0.25) is 21.8 Å². The second-order valence-corrected chi connectivity index (χ2v) is 12.1. The Hall–Kier alpha value is -2.29. The lowest BCUT2D eigenvalue weighted by Gasteiger charge is -2.34. The molecule has 2 aromatic rings. The van der Waals surface area contributed by atoms with Gasteiger partial charge in [-0.15, -0.1) is 0 Å². The lowest BCUT2D eigenvalue weighted by atomic mass is 10.0. The van der Waals surface area contributed by atoms with Crippen LogP contribution < -0.4 is 9.62 Å². The van der Waals surface area contributed by atoms with E-state index in [0.717, 1.165) is 16.1 Å². The highest BCUT2D eigenvalue weighted by molar-refractivity contribution is 7.92. The van der Waals surface area contributed by atoms with Crippen molar-refractivity contribution in [3.63, 3.8) is 0 Å². The summed E-state index contributed by atoms with van der Waals surface area (Å²) in [5.74, 6) is -0.806. The minimum absolute atomic E-state index is 0.0162. The number of nitrogens with one attached hydrogen (secondary N) is 1. The molecule has 10 heteroatoms. The summed E-state index contributed by atoms with van der Waals surface area (Å²) in [6.45, 7) is 8.94. The number of hydrogen-bond acceptors (Lipinski definition) is 4. The number of halogens is 2. The molecule has 0 spiro atoms. The van der Waals surface area contributed by atoms with E-state index in [1.54, 1.807) is 37.3 Å². The molecule has 2 amide bonds. The molecule has 2 aromatic carbocycles. The first-order valence-corrected chi connectivity index (χ1v) is 14.5. The van der Waals surface area contributed by atoms with Crippen LogP contribution >= 0.6 is 23.2 Å². The predicted octanol–water partition coefficient (Wildman–Crippen LogP) is 5.21. The van der Waals surface area contributed by atoms with Crippen LogP contribution in [-0.2, 0) is 26.2 Å². The number of benzene rings is 2. The Morgan fingerprint density at radius 2 is 1.67 bits per heavy atom. The molecule has 1 N–H and O–H groups in total. The number of hydrogen-bond donors (Lipinski definition) is 1. The van der Waals surface area contributed by atoms with Crippen molar-refractivity contribution in [3.8, 4) is 0 Å². The molecule has 1 atom stereocenters. The second kappa shape index (κ2) is 12.8. The number of carbonyl (C=O) groups is 2. The summed E-state index contributed by atoms with van der Waals surface area (Å²) in [4.78, 5) is 28.3. The van der Waals surface area contributed by atoms with E-state index in [-0.39, 0.29) is 24.4 Å². The van der Waals surface area contributed by atoms with Crippen molar-refractivity contribution in [1.82, 2.24) is 10.2 Å². The summed E-state index contributed by atoms with van der Waals surface area (Å²) in [6, 6.07) is 11.1. The van der Waals surface area contributed by atoms with Crippen molar-refractivity contribution in [2.45, 2.75) is 65.6 Å². The van der Waals surface area contributed by atoms with E-state index >= 15 is 0 Å². The summed E-state index contributed by atoms with van der Waals surface area (Å²) in [5.41, 5.74) is 1.83. The molecule has 7 nitrogen and oxygen atoms in total. The van der Waals surface area contributed by atoms with Gasteiger partial charge in [0.1, 0.15) is 12.6 Å². The van der Waals surface area contributed by atoms with Gasteiger partial charge in [0, 0.05) is 22.6 Å². The Bertz CT molecular complexity index is 1190. The van der Waals surface area contributed by atoms with Gasteiger partial charge in [-0.2, -0.15) is 0 Å². The monoisotopic (exact) mass is 555 g/mol. The Balaban J connectivity index is 2.54. The zero-order chi connectivity index (χ0) is 27.2. The molecule has 0 fully saturated rings. The number of nitrogens with zero attached hydrogens (tertiary/aromatic N) is 2. The lowest BCUT2D eigenvalue weighted by molar-refractivity contribution is -0.140.